The van der Waals surface area contributed by atoms with Gasteiger partial charge in [0.2, 0.25) is 0 Å². The van der Waals surface area contributed by atoms with Gasteiger partial charge in [0.25, 0.3) is 0 Å². The lowest BCUT2D eigenvalue weighted by molar-refractivity contribution is 1.36. The molecule has 0 amide bonds. The first-order chi connectivity index (χ1) is 7.93. The summed E-state index contributed by atoms with van der Waals surface area (Å²) >= 11 is 6.40. The molecule has 0 heterocycles. The average molecular weight is 247 g/mol. The van der Waals surface area contributed by atoms with Crippen LogP contribution in [0.2, 0.25) is 0 Å². The highest BCUT2D eigenvalue weighted by Gasteiger charge is 2.09. The highest BCUT2D eigenvalue weighted by Crippen LogP contribution is 2.31. The molecule has 0 bridgehead atoms. The number of aryl methyl sites for hydroxylation is 1. The Morgan fingerprint density at radius 2 is 1.76 bits per heavy atom. The highest BCUT2D eigenvalue weighted by molar-refractivity contribution is 6.37. The maximum Gasteiger partial charge on any atom is 0.0471 e. The minimum absolute atomic E-state index is 0.808. The normalized spacial score (nSPS) is 11.2. The molecule has 17 heavy (non-hydrogen) atoms. The van der Waals surface area contributed by atoms with Gasteiger partial charge in [-0.1, -0.05) is 59.7 Å². The molecule has 0 unspecified atom stereocenters. The lowest BCUT2D eigenvalue weighted by atomic mass is 9.97. The average Bonchev–Trinajstić information content (AvgIpc) is 2.25. The Morgan fingerprint density at radius 3 is 2.24 bits per heavy atom. The Bertz CT molecular complexity index is 486. The lowest BCUT2D eigenvalue weighted by Crippen LogP contribution is -1.91. The number of halogens is 1. The summed E-state index contributed by atoms with van der Waals surface area (Å²) in [6.45, 7) is 12.0. The first-order valence-electron chi connectivity index (χ1n) is 5.70. The van der Waals surface area contributed by atoms with Gasteiger partial charge in [-0.2, -0.15) is 0 Å². The van der Waals surface area contributed by atoms with Crippen LogP contribution in [-0.4, -0.2) is 0 Å². The first-order valence-corrected chi connectivity index (χ1v) is 6.08. The van der Waals surface area contributed by atoms with Crippen molar-refractivity contribution in [3.63, 3.8) is 0 Å². The van der Waals surface area contributed by atoms with E-state index in [1.165, 1.54) is 11.1 Å². The van der Waals surface area contributed by atoms with E-state index in [0.717, 1.165) is 21.8 Å². The Kier molecular flexibility index (Phi) is 4.77. The van der Waals surface area contributed by atoms with E-state index >= 15 is 0 Å². The molecule has 90 valence electrons. The van der Waals surface area contributed by atoms with Crippen molar-refractivity contribution in [3.8, 4) is 0 Å². The summed E-state index contributed by atoms with van der Waals surface area (Å²) in [7, 11) is 0. The second kappa shape index (κ2) is 5.88. The number of benzene rings is 1. The van der Waals surface area contributed by atoms with Gasteiger partial charge in [-0.05, 0) is 38.8 Å². The molecule has 0 nitrogen and oxygen atoms in total. The molecule has 0 radical (unpaired) electrons. The largest absolute Gasteiger partial charge is 0.0961 e. The van der Waals surface area contributed by atoms with Gasteiger partial charge in [0, 0.05) is 10.6 Å². The molecule has 0 saturated heterocycles. The fourth-order valence-corrected chi connectivity index (χ4v) is 1.81. The van der Waals surface area contributed by atoms with Crippen molar-refractivity contribution in [1.29, 1.82) is 0 Å². The number of hydrogen-bond acceptors (Lipinski definition) is 0. The molecular formula is C16H19Cl. The molecule has 0 aliphatic heterocycles. The standard InChI is InChI=1S/C16H19Cl/c1-11(2)10-15(16(17)12(3)4)14-9-7-6-8-13(14)5/h6-10H,1H2,2-5H3/b15-10-. The second-order valence-corrected chi connectivity index (χ2v) is 4.91. The van der Waals surface area contributed by atoms with Crippen molar-refractivity contribution >= 4 is 17.2 Å². The fraction of sp³-hybridized carbons (Fsp3) is 0.250. The summed E-state index contributed by atoms with van der Waals surface area (Å²) in [5, 5.41) is 0.808. The van der Waals surface area contributed by atoms with Crippen molar-refractivity contribution in [2.45, 2.75) is 27.7 Å². The van der Waals surface area contributed by atoms with Gasteiger partial charge in [-0.3, -0.25) is 0 Å². The van der Waals surface area contributed by atoms with Gasteiger partial charge in [-0.15, -0.1) is 0 Å². The van der Waals surface area contributed by atoms with Crippen LogP contribution in [0, 0.1) is 6.92 Å². The van der Waals surface area contributed by atoms with Crippen LogP contribution in [0.15, 0.2) is 53.1 Å². The van der Waals surface area contributed by atoms with Crippen molar-refractivity contribution in [2.75, 3.05) is 0 Å². The topological polar surface area (TPSA) is 0 Å². The molecule has 0 fully saturated rings. The summed E-state index contributed by atoms with van der Waals surface area (Å²) < 4.78 is 0. The predicted octanol–water partition coefficient (Wildman–Crippen LogP) is 5.49. The maximum absolute atomic E-state index is 6.40. The predicted molar refractivity (Wildman–Crippen MR) is 78.2 cm³/mol. The zero-order valence-corrected chi connectivity index (χ0v) is 11.7. The van der Waals surface area contributed by atoms with E-state index in [0.29, 0.717) is 0 Å². The summed E-state index contributed by atoms with van der Waals surface area (Å²) in [6.07, 6.45) is 2.04. The zero-order valence-electron chi connectivity index (χ0n) is 11.0. The van der Waals surface area contributed by atoms with E-state index in [9.17, 15) is 0 Å². The van der Waals surface area contributed by atoms with E-state index in [4.69, 9.17) is 11.6 Å². The Hall–Kier alpha value is -1.27. The van der Waals surface area contributed by atoms with Gasteiger partial charge in [0.1, 0.15) is 0 Å². The molecule has 1 aromatic rings. The minimum atomic E-state index is 0.808. The van der Waals surface area contributed by atoms with Crippen molar-refractivity contribution in [2.24, 2.45) is 0 Å². The second-order valence-electron chi connectivity index (χ2n) is 4.53. The summed E-state index contributed by atoms with van der Waals surface area (Å²) in [5.74, 6) is 0. The van der Waals surface area contributed by atoms with E-state index in [1.807, 2.05) is 39.0 Å². The zero-order chi connectivity index (χ0) is 13.0. The molecule has 0 aliphatic carbocycles. The van der Waals surface area contributed by atoms with E-state index < -0.39 is 0 Å². The van der Waals surface area contributed by atoms with Crippen LogP contribution in [0.4, 0.5) is 0 Å². The SMILES string of the molecule is C=C(C)/C=C(\C(Cl)=C(C)C)c1ccccc1C. The van der Waals surface area contributed by atoms with Crippen LogP contribution < -0.4 is 0 Å². The quantitative estimate of drug-likeness (QED) is 0.619. The third kappa shape index (κ3) is 3.61. The molecule has 0 spiro atoms. The minimum Gasteiger partial charge on any atom is -0.0961 e. The van der Waals surface area contributed by atoms with E-state index in [-0.39, 0.29) is 0 Å². The lowest BCUT2D eigenvalue weighted by Gasteiger charge is -2.12. The van der Waals surface area contributed by atoms with Crippen LogP contribution in [0.5, 0.6) is 0 Å². The third-order valence-electron chi connectivity index (χ3n) is 2.50. The van der Waals surface area contributed by atoms with Crippen molar-refractivity contribution in [3.05, 3.63) is 64.2 Å². The van der Waals surface area contributed by atoms with Gasteiger partial charge in [-0.25, -0.2) is 0 Å². The molecule has 0 aromatic heterocycles. The highest BCUT2D eigenvalue weighted by atomic mass is 35.5. The van der Waals surface area contributed by atoms with Crippen molar-refractivity contribution in [1.82, 2.24) is 0 Å². The van der Waals surface area contributed by atoms with Crippen LogP contribution in [0.1, 0.15) is 31.9 Å². The van der Waals surface area contributed by atoms with Gasteiger partial charge in [0.15, 0.2) is 0 Å². The Balaban J connectivity index is 3.42. The smallest absolute Gasteiger partial charge is 0.0471 e. The van der Waals surface area contributed by atoms with Crippen LogP contribution in [0.25, 0.3) is 5.57 Å². The van der Waals surface area contributed by atoms with Crippen LogP contribution in [-0.2, 0) is 0 Å². The number of allylic oxidation sites excluding steroid dienone is 5. The first kappa shape index (κ1) is 13.8. The van der Waals surface area contributed by atoms with Crippen molar-refractivity contribution < 1.29 is 0 Å². The maximum atomic E-state index is 6.40. The molecule has 0 aliphatic rings. The van der Waals surface area contributed by atoms with Crippen LogP contribution >= 0.6 is 11.6 Å². The molecule has 1 aromatic carbocycles. The fourth-order valence-electron chi connectivity index (χ4n) is 1.65. The Labute approximate surface area is 109 Å². The van der Waals surface area contributed by atoms with Gasteiger partial charge >= 0.3 is 0 Å². The summed E-state index contributed by atoms with van der Waals surface area (Å²) in [6, 6.07) is 8.25. The van der Waals surface area contributed by atoms with Gasteiger partial charge < -0.3 is 0 Å². The molecule has 1 rings (SSSR count). The van der Waals surface area contributed by atoms with Crippen LogP contribution in [0.3, 0.4) is 0 Å². The number of rotatable bonds is 3. The molecule has 0 N–H and O–H groups in total. The molecule has 0 saturated carbocycles. The van der Waals surface area contributed by atoms with Gasteiger partial charge in [0.05, 0.1) is 0 Å². The summed E-state index contributed by atoms with van der Waals surface area (Å²) in [5.41, 5.74) is 5.56. The molecule has 1 heteroatoms. The number of hydrogen-bond donors (Lipinski definition) is 0. The molecule has 0 atom stereocenters. The monoisotopic (exact) mass is 246 g/mol. The van der Waals surface area contributed by atoms with E-state index in [2.05, 4.69) is 25.6 Å². The summed E-state index contributed by atoms with van der Waals surface area (Å²) in [4.78, 5) is 0. The van der Waals surface area contributed by atoms with E-state index in [1.54, 1.807) is 0 Å². The molecular weight excluding hydrogens is 228 g/mol. The third-order valence-corrected chi connectivity index (χ3v) is 3.08. The Morgan fingerprint density at radius 1 is 1.18 bits per heavy atom.